The normalized spacial score (nSPS) is 15.0. The third-order valence-corrected chi connectivity index (χ3v) is 2.82. The van der Waals surface area contributed by atoms with Crippen molar-refractivity contribution in [3.63, 3.8) is 0 Å². The molecule has 1 aliphatic carbocycles. The highest BCUT2D eigenvalue weighted by molar-refractivity contribution is 5.56. The molecule has 0 atom stereocenters. The van der Waals surface area contributed by atoms with E-state index in [1.807, 2.05) is 30.3 Å². The Morgan fingerprint density at radius 1 is 1.06 bits per heavy atom. The minimum atomic E-state index is 0.0343. The summed E-state index contributed by atoms with van der Waals surface area (Å²) < 4.78 is 5.77. The second kappa shape index (κ2) is 3.63. The monoisotopic (exact) mass is 212 g/mol. The third kappa shape index (κ3) is 1.78. The van der Waals surface area contributed by atoms with Gasteiger partial charge in [-0.3, -0.25) is 4.79 Å². The summed E-state index contributed by atoms with van der Waals surface area (Å²) in [5, 5.41) is 0. The minimum absolute atomic E-state index is 0.0343. The van der Waals surface area contributed by atoms with Gasteiger partial charge in [-0.25, -0.2) is 0 Å². The van der Waals surface area contributed by atoms with E-state index in [1.54, 1.807) is 12.1 Å². The van der Waals surface area contributed by atoms with Gasteiger partial charge in [-0.1, -0.05) is 30.3 Å². The minimum Gasteiger partial charge on any atom is -0.461 e. The Bertz CT molecular complexity index is 550. The molecule has 0 bridgehead atoms. The van der Waals surface area contributed by atoms with Crippen LogP contribution in [0, 0.1) is 0 Å². The lowest BCUT2D eigenvalue weighted by Gasteiger charge is -2.03. The van der Waals surface area contributed by atoms with Crippen molar-refractivity contribution in [1.29, 1.82) is 0 Å². The maximum atomic E-state index is 11.6. The van der Waals surface area contributed by atoms with E-state index in [0.29, 0.717) is 11.7 Å². The smallest absolute Gasteiger partial charge is 0.185 e. The summed E-state index contributed by atoms with van der Waals surface area (Å²) in [5.74, 6) is 1.98. The molecule has 16 heavy (non-hydrogen) atoms. The standard InChI is InChI=1S/C14H12O2/c15-12-8-13(10-4-2-1-3-5-10)16-14(9-12)11-6-7-11/h1-5,8-9,11H,6-7H2. The van der Waals surface area contributed by atoms with Crippen LogP contribution in [0.1, 0.15) is 24.5 Å². The Hall–Kier alpha value is -1.83. The van der Waals surface area contributed by atoms with Crippen LogP contribution in [-0.4, -0.2) is 0 Å². The Kier molecular flexibility index (Phi) is 2.13. The van der Waals surface area contributed by atoms with Crippen LogP contribution in [0.4, 0.5) is 0 Å². The highest BCUT2D eigenvalue weighted by Gasteiger charge is 2.26. The number of hydrogen-bond acceptors (Lipinski definition) is 2. The Morgan fingerprint density at radius 3 is 2.50 bits per heavy atom. The molecule has 0 N–H and O–H groups in total. The van der Waals surface area contributed by atoms with Gasteiger partial charge in [0, 0.05) is 23.6 Å². The molecule has 1 fully saturated rings. The zero-order chi connectivity index (χ0) is 11.0. The fraction of sp³-hybridized carbons (Fsp3) is 0.214. The summed E-state index contributed by atoms with van der Waals surface area (Å²) in [6.45, 7) is 0. The van der Waals surface area contributed by atoms with Crippen LogP contribution < -0.4 is 5.43 Å². The van der Waals surface area contributed by atoms with Gasteiger partial charge in [-0.05, 0) is 12.8 Å². The highest BCUT2D eigenvalue weighted by Crippen LogP contribution is 2.40. The predicted octanol–water partition coefficient (Wildman–Crippen LogP) is 3.18. The number of rotatable bonds is 2. The quantitative estimate of drug-likeness (QED) is 0.765. The van der Waals surface area contributed by atoms with Crippen molar-refractivity contribution < 1.29 is 4.42 Å². The van der Waals surface area contributed by atoms with Gasteiger partial charge in [0.15, 0.2) is 5.43 Å². The molecule has 0 saturated heterocycles. The van der Waals surface area contributed by atoms with Gasteiger partial charge in [0.1, 0.15) is 11.5 Å². The molecule has 80 valence electrons. The lowest BCUT2D eigenvalue weighted by molar-refractivity contribution is 0.507. The second-order valence-electron chi connectivity index (χ2n) is 4.20. The molecule has 1 aromatic heterocycles. The van der Waals surface area contributed by atoms with E-state index in [1.165, 1.54) is 0 Å². The molecule has 0 unspecified atom stereocenters. The maximum Gasteiger partial charge on any atom is 0.185 e. The molecule has 1 aliphatic rings. The van der Waals surface area contributed by atoms with E-state index in [0.717, 1.165) is 24.2 Å². The van der Waals surface area contributed by atoms with E-state index < -0.39 is 0 Å². The molecule has 0 spiro atoms. The lowest BCUT2D eigenvalue weighted by atomic mass is 10.1. The Balaban J connectivity index is 2.10. The fourth-order valence-corrected chi connectivity index (χ4v) is 1.81. The first kappa shape index (κ1) is 9.40. The van der Waals surface area contributed by atoms with Crippen LogP contribution >= 0.6 is 0 Å². The molecule has 0 amide bonds. The highest BCUT2D eigenvalue weighted by atomic mass is 16.3. The molecule has 1 aromatic carbocycles. The van der Waals surface area contributed by atoms with E-state index in [2.05, 4.69) is 0 Å². The molecular weight excluding hydrogens is 200 g/mol. The zero-order valence-electron chi connectivity index (χ0n) is 8.85. The Morgan fingerprint density at radius 2 is 1.81 bits per heavy atom. The number of hydrogen-bond donors (Lipinski definition) is 0. The first-order valence-corrected chi connectivity index (χ1v) is 5.53. The largest absolute Gasteiger partial charge is 0.461 e. The number of benzene rings is 1. The molecule has 0 radical (unpaired) electrons. The SMILES string of the molecule is O=c1cc(-c2ccccc2)oc(C2CC2)c1. The lowest BCUT2D eigenvalue weighted by Crippen LogP contribution is -1.99. The fourth-order valence-electron chi connectivity index (χ4n) is 1.81. The second-order valence-corrected chi connectivity index (χ2v) is 4.20. The van der Waals surface area contributed by atoms with Gasteiger partial charge in [0.05, 0.1) is 0 Å². The van der Waals surface area contributed by atoms with Gasteiger partial charge < -0.3 is 4.42 Å². The van der Waals surface area contributed by atoms with Gasteiger partial charge in [-0.2, -0.15) is 0 Å². The van der Waals surface area contributed by atoms with E-state index in [9.17, 15) is 4.79 Å². The van der Waals surface area contributed by atoms with E-state index in [4.69, 9.17) is 4.42 Å². The molecular formula is C14H12O2. The van der Waals surface area contributed by atoms with Gasteiger partial charge in [-0.15, -0.1) is 0 Å². The predicted molar refractivity (Wildman–Crippen MR) is 62.4 cm³/mol. The summed E-state index contributed by atoms with van der Waals surface area (Å²) in [4.78, 5) is 11.6. The first-order chi connectivity index (χ1) is 7.83. The van der Waals surface area contributed by atoms with Crippen molar-refractivity contribution in [2.75, 3.05) is 0 Å². The van der Waals surface area contributed by atoms with Crippen LogP contribution in [0.2, 0.25) is 0 Å². The summed E-state index contributed by atoms with van der Waals surface area (Å²) in [7, 11) is 0. The topological polar surface area (TPSA) is 30.2 Å². The van der Waals surface area contributed by atoms with Crippen molar-refractivity contribution in [1.82, 2.24) is 0 Å². The van der Waals surface area contributed by atoms with Crippen LogP contribution in [-0.2, 0) is 0 Å². The van der Waals surface area contributed by atoms with Crippen molar-refractivity contribution in [2.24, 2.45) is 0 Å². The van der Waals surface area contributed by atoms with Gasteiger partial charge >= 0.3 is 0 Å². The maximum absolute atomic E-state index is 11.6. The summed E-state index contributed by atoms with van der Waals surface area (Å²) in [6.07, 6.45) is 2.28. The van der Waals surface area contributed by atoms with Gasteiger partial charge in [0.25, 0.3) is 0 Å². The van der Waals surface area contributed by atoms with Crippen molar-refractivity contribution in [3.8, 4) is 11.3 Å². The van der Waals surface area contributed by atoms with Crippen molar-refractivity contribution >= 4 is 0 Å². The third-order valence-electron chi connectivity index (χ3n) is 2.82. The summed E-state index contributed by atoms with van der Waals surface area (Å²) in [5.41, 5.74) is 0.995. The molecule has 0 aliphatic heterocycles. The average molecular weight is 212 g/mol. The van der Waals surface area contributed by atoms with E-state index >= 15 is 0 Å². The molecule has 2 heteroatoms. The van der Waals surface area contributed by atoms with E-state index in [-0.39, 0.29) is 5.43 Å². The summed E-state index contributed by atoms with van der Waals surface area (Å²) in [6, 6.07) is 12.9. The molecule has 2 nitrogen and oxygen atoms in total. The van der Waals surface area contributed by atoms with Crippen LogP contribution in [0.5, 0.6) is 0 Å². The van der Waals surface area contributed by atoms with Crippen LogP contribution in [0.3, 0.4) is 0 Å². The Labute approximate surface area is 93.5 Å². The zero-order valence-corrected chi connectivity index (χ0v) is 8.85. The molecule has 2 aromatic rings. The van der Waals surface area contributed by atoms with Crippen molar-refractivity contribution in [3.05, 3.63) is 58.4 Å². The first-order valence-electron chi connectivity index (χ1n) is 5.53. The van der Waals surface area contributed by atoms with Gasteiger partial charge in [0.2, 0.25) is 0 Å². The summed E-state index contributed by atoms with van der Waals surface area (Å²) >= 11 is 0. The molecule has 1 heterocycles. The van der Waals surface area contributed by atoms with Crippen molar-refractivity contribution in [2.45, 2.75) is 18.8 Å². The average Bonchev–Trinajstić information content (AvgIpc) is 3.13. The van der Waals surface area contributed by atoms with Crippen LogP contribution in [0.25, 0.3) is 11.3 Å². The van der Waals surface area contributed by atoms with Crippen LogP contribution in [0.15, 0.2) is 51.7 Å². The molecule has 3 rings (SSSR count). The molecule has 1 saturated carbocycles.